The summed E-state index contributed by atoms with van der Waals surface area (Å²) in [6.07, 6.45) is 1.52. The van der Waals surface area contributed by atoms with E-state index in [0.29, 0.717) is 6.42 Å². The number of carbonyl (C=O) groups excluding carboxylic acids is 2. The Labute approximate surface area is 113 Å². The van der Waals surface area contributed by atoms with Crippen LogP contribution in [0.3, 0.4) is 0 Å². The lowest BCUT2D eigenvalue weighted by molar-refractivity contribution is -0.142. The van der Waals surface area contributed by atoms with Gasteiger partial charge in [0.1, 0.15) is 0 Å². The number of likely N-dealkylation sites (tertiary alicyclic amines) is 1. The number of hydrogen-bond acceptors (Lipinski definition) is 3. The predicted octanol–water partition coefficient (Wildman–Crippen LogP) is 2.30. The van der Waals surface area contributed by atoms with Crippen molar-refractivity contribution in [3.05, 3.63) is 35.9 Å². The number of amides is 1. The third kappa shape index (κ3) is 2.95. The highest BCUT2D eigenvalue weighted by atomic mass is 16.5. The molecule has 1 fully saturated rings. The monoisotopic (exact) mass is 261 g/mol. The molecule has 0 radical (unpaired) electrons. The maximum Gasteiger partial charge on any atom is 0.307 e. The lowest BCUT2D eigenvalue weighted by atomic mass is 10.0. The molecule has 1 aliphatic heterocycles. The average molecular weight is 261 g/mol. The molecule has 0 spiro atoms. The Morgan fingerprint density at radius 2 is 2.11 bits per heavy atom. The van der Waals surface area contributed by atoms with Gasteiger partial charge in [0.25, 0.3) is 0 Å². The molecule has 1 aromatic carbocycles. The standard InChI is InChI=1S/C15H19NO3/c1-11(12-6-4-3-5-7-12)16-13(8-9-14(16)17)10-15(18)19-2/h3-7,11,13H,8-10H2,1-2H3/t11-,13?/m1/s1. The Kier molecular flexibility index (Phi) is 4.20. The summed E-state index contributed by atoms with van der Waals surface area (Å²) < 4.78 is 4.70. The minimum absolute atomic E-state index is 0.00847. The van der Waals surface area contributed by atoms with Crippen LogP contribution >= 0.6 is 0 Å². The molecule has 4 heteroatoms. The zero-order chi connectivity index (χ0) is 13.8. The Hall–Kier alpha value is -1.84. The number of nitrogens with zero attached hydrogens (tertiary/aromatic N) is 1. The Balaban J connectivity index is 2.15. The first-order valence-corrected chi connectivity index (χ1v) is 6.56. The van der Waals surface area contributed by atoms with Crippen molar-refractivity contribution in [2.75, 3.05) is 7.11 Å². The summed E-state index contributed by atoms with van der Waals surface area (Å²) in [6, 6.07) is 9.83. The molecule has 1 aliphatic rings. The SMILES string of the molecule is COC(=O)CC1CCC(=O)N1[C@H](C)c1ccccc1. The van der Waals surface area contributed by atoms with Gasteiger partial charge in [0.15, 0.2) is 0 Å². The quantitative estimate of drug-likeness (QED) is 0.781. The van der Waals surface area contributed by atoms with E-state index in [1.54, 1.807) is 0 Å². The van der Waals surface area contributed by atoms with E-state index in [-0.39, 0.29) is 30.4 Å². The third-order valence-electron chi connectivity index (χ3n) is 3.70. The fraction of sp³-hybridized carbons (Fsp3) is 0.467. The van der Waals surface area contributed by atoms with Crippen LogP contribution in [-0.2, 0) is 14.3 Å². The Morgan fingerprint density at radius 3 is 2.74 bits per heavy atom. The van der Waals surface area contributed by atoms with Crippen LogP contribution in [0, 0.1) is 0 Å². The lowest BCUT2D eigenvalue weighted by Crippen LogP contribution is -2.36. The molecule has 1 saturated heterocycles. The molecule has 1 unspecified atom stereocenters. The number of esters is 1. The highest BCUT2D eigenvalue weighted by Crippen LogP contribution is 2.31. The summed E-state index contributed by atoms with van der Waals surface area (Å²) >= 11 is 0. The van der Waals surface area contributed by atoms with Gasteiger partial charge >= 0.3 is 5.97 Å². The van der Waals surface area contributed by atoms with Crippen molar-refractivity contribution < 1.29 is 14.3 Å². The topological polar surface area (TPSA) is 46.6 Å². The summed E-state index contributed by atoms with van der Waals surface area (Å²) in [5, 5.41) is 0. The molecule has 0 N–H and O–H groups in total. The van der Waals surface area contributed by atoms with Gasteiger partial charge < -0.3 is 9.64 Å². The molecular weight excluding hydrogens is 242 g/mol. The summed E-state index contributed by atoms with van der Waals surface area (Å²) in [6.45, 7) is 2.00. The van der Waals surface area contributed by atoms with E-state index in [4.69, 9.17) is 4.74 Å². The van der Waals surface area contributed by atoms with Gasteiger partial charge in [0, 0.05) is 12.5 Å². The van der Waals surface area contributed by atoms with Gasteiger partial charge in [-0.25, -0.2) is 0 Å². The Morgan fingerprint density at radius 1 is 1.42 bits per heavy atom. The highest BCUT2D eigenvalue weighted by Gasteiger charge is 2.36. The van der Waals surface area contributed by atoms with Crippen molar-refractivity contribution in [2.45, 2.75) is 38.3 Å². The maximum absolute atomic E-state index is 12.0. The van der Waals surface area contributed by atoms with Crippen LogP contribution in [0.15, 0.2) is 30.3 Å². The molecule has 2 atom stereocenters. The first-order valence-electron chi connectivity index (χ1n) is 6.56. The molecule has 19 heavy (non-hydrogen) atoms. The van der Waals surface area contributed by atoms with E-state index in [1.807, 2.05) is 42.2 Å². The van der Waals surface area contributed by atoms with E-state index in [0.717, 1.165) is 12.0 Å². The molecular formula is C15H19NO3. The van der Waals surface area contributed by atoms with E-state index < -0.39 is 0 Å². The van der Waals surface area contributed by atoms with Gasteiger partial charge in [-0.05, 0) is 18.9 Å². The fourth-order valence-electron chi connectivity index (χ4n) is 2.66. The van der Waals surface area contributed by atoms with Crippen LogP contribution in [-0.4, -0.2) is 29.9 Å². The van der Waals surface area contributed by atoms with Crippen LogP contribution in [0.2, 0.25) is 0 Å². The van der Waals surface area contributed by atoms with E-state index in [1.165, 1.54) is 7.11 Å². The van der Waals surface area contributed by atoms with Crippen molar-refractivity contribution in [1.29, 1.82) is 0 Å². The largest absolute Gasteiger partial charge is 0.469 e. The molecule has 0 aliphatic carbocycles. The smallest absolute Gasteiger partial charge is 0.307 e. The van der Waals surface area contributed by atoms with Gasteiger partial charge in [-0.1, -0.05) is 30.3 Å². The van der Waals surface area contributed by atoms with Gasteiger partial charge in [-0.3, -0.25) is 9.59 Å². The molecule has 0 aromatic heterocycles. The summed E-state index contributed by atoms with van der Waals surface area (Å²) in [7, 11) is 1.38. The fourth-order valence-corrected chi connectivity index (χ4v) is 2.66. The summed E-state index contributed by atoms with van der Waals surface area (Å²) in [5.74, 6) is -0.143. The first kappa shape index (κ1) is 13.6. The van der Waals surface area contributed by atoms with Crippen LogP contribution in [0.1, 0.15) is 37.8 Å². The first-order chi connectivity index (χ1) is 9.13. The minimum atomic E-state index is -0.259. The molecule has 1 aromatic rings. The van der Waals surface area contributed by atoms with Crippen LogP contribution < -0.4 is 0 Å². The van der Waals surface area contributed by atoms with Crippen LogP contribution in [0.5, 0.6) is 0 Å². The molecule has 1 amide bonds. The molecule has 4 nitrogen and oxygen atoms in total. The number of rotatable bonds is 4. The second-order valence-electron chi connectivity index (χ2n) is 4.86. The number of ether oxygens (including phenoxy) is 1. The summed E-state index contributed by atoms with van der Waals surface area (Å²) in [4.78, 5) is 25.3. The number of methoxy groups -OCH3 is 1. The number of benzene rings is 1. The zero-order valence-corrected chi connectivity index (χ0v) is 11.3. The number of carbonyl (C=O) groups is 2. The van der Waals surface area contributed by atoms with Crippen LogP contribution in [0.4, 0.5) is 0 Å². The molecule has 1 heterocycles. The van der Waals surface area contributed by atoms with E-state index >= 15 is 0 Å². The summed E-state index contributed by atoms with van der Waals surface area (Å²) in [5.41, 5.74) is 1.09. The van der Waals surface area contributed by atoms with Gasteiger partial charge in [-0.15, -0.1) is 0 Å². The predicted molar refractivity (Wildman–Crippen MR) is 71.4 cm³/mol. The second-order valence-corrected chi connectivity index (χ2v) is 4.86. The van der Waals surface area contributed by atoms with E-state index in [9.17, 15) is 9.59 Å². The van der Waals surface area contributed by atoms with E-state index in [2.05, 4.69) is 0 Å². The van der Waals surface area contributed by atoms with Gasteiger partial charge in [0.05, 0.1) is 19.6 Å². The van der Waals surface area contributed by atoms with Crippen molar-refractivity contribution in [2.24, 2.45) is 0 Å². The van der Waals surface area contributed by atoms with Crippen molar-refractivity contribution >= 4 is 11.9 Å². The number of hydrogen-bond donors (Lipinski definition) is 0. The van der Waals surface area contributed by atoms with Gasteiger partial charge in [0.2, 0.25) is 5.91 Å². The zero-order valence-electron chi connectivity index (χ0n) is 11.3. The van der Waals surface area contributed by atoms with Crippen molar-refractivity contribution in [1.82, 2.24) is 4.90 Å². The molecule has 2 rings (SSSR count). The van der Waals surface area contributed by atoms with Crippen molar-refractivity contribution in [3.63, 3.8) is 0 Å². The maximum atomic E-state index is 12.0. The Bertz CT molecular complexity index is 458. The second kappa shape index (κ2) is 5.87. The van der Waals surface area contributed by atoms with Crippen molar-refractivity contribution in [3.8, 4) is 0 Å². The third-order valence-corrected chi connectivity index (χ3v) is 3.70. The molecule has 0 bridgehead atoms. The highest BCUT2D eigenvalue weighted by molar-refractivity contribution is 5.81. The minimum Gasteiger partial charge on any atom is -0.469 e. The lowest BCUT2D eigenvalue weighted by Gasteiger charge is -2.30. The van der Waals surface area contributed by atoms with Crippen LogP contribution in [0.25, 0.3) is 0 Å². The average Bonchev–Trinajstić information content (AvgIpc) is 2.79. The normalized spacial score (nSPS) is 20.4. The molecule has 0 saturated carbocycles. The van der Waals surface area contributed by atoms with Gasteiger partial charge in [-0.2, -0.15) is 0 Å². The molecule has 102 valence electrons.